The van der Waals surface area contributed by atoms with Crippen molar-refractivity contribution in [2.75, 3.05) is 0 Å². The fourth-order valence-corrected chi connectivity index (χ4v) is 2.02. The van der Waals surface area contributed by atoms with E-state index in [1.165, 1.54) is 6.08 Å². The maximum absolute atomic E-state index is 13.9. The van der Waals surface area contributed by atoms with Gasteiger partial charge in [0.1, 0.15) is 5.82 Å². The van der Waals surface area contributed by atoms with Crippen molar-refractivity contribution in [2.24, 2.45) is 0 Å². The summed E-state index contributed by atoms with van der Waals surface area (Å²) in [6.45, 7) is 7.24. The molecule has 0 saturated heterocycles. The molecule has 0 bridgehead atoms. The molecule has 2 heteroatoms. The van der Waals surface area contributed by atoms with Crippen LogP contribution in [0.2, 0.25) is 5.02 Å². The average Bonchev–Trinajstić information content (AvgIpc) is 2.42. The fraction of sp³-hybridized carbons (Fsp3) is 0. The van der Waals surface area contributed by atoms with E-state index in [1.54, 1.807) is 18.2 Å². The van der Waals surface area contributed by atoms with Gasteiger partial charge < -0.3 is 0 Å². The zero-order valence-electron chi connectivity index (χ0n) is 9.79. The van der Waals surface area contributed by atoms with Crippen LogP contribution in [0.5, 0.6) is 0 Å². The van der Waals surface area contributed by atoms with Crippen LogP contribution in [0.15, 0.2) is 49.6 Å². The number of hydrogen-bond acceptors (Lipinski definition) is 0. The van der Waals surface area contributed by atoms with Gasteiger partial charge in [-0.05, 0) is 11.1 Å². The normalized spacial score (nSPS) is 10.1. The molecule has 0 unspecified atom stereocenters. The summed E-state index contributed by atoms with van der Waals surface area (Å²) in [6.07, 6.45) is 3.21. The van der Waals surface area contributed by atoms with Gasteiger partial charge in [-0.2, -0.15) is 0 Å². The topological polar surface area (TPSA) is 0 Å². The molecule has 0 fully saturated rings. The molecule has 90 valence electrons. The first kappa shape index (κ1) is 12.6. The maximum Gasteiger partial charge on any atom is 0.149 e. The lowest BCUT2D eigenvalue weighted by molar-refractivity contribution is 0.626. The average molecular weight is 259 g/mol. The number of hydrogen-bond donors (Lipinski definition) is 0. The van der Waals surface area contributed by atoms with Crippen molar-refractivity contribution in [3.63, 3.8) is 0 Å². The summed E-state index contributed by atoms with van der Waals surface area (Å²) < 4.78 is 13.9. The third-order valence-corrected chi connectivity index (χ3v) is 3.16. The monoisotopic (exact) mass is 258 g/mol. The molecule has 2 aromatic carbocycles. The van der Waals surface area contributed by atoms with Crippen LogP contribution in [0.4, 0.5) is 4.39 Å². The van der Waals surface area contributed by atoms with Gasteiger partial charge in [0.15, 0.2) is 0 Å². The highest BCUT2D eigenvalue weighted by Gasteiger charge is 2.11. The van der Waals surface area contributed by atoms with E-state index in [0.717, 1.165) is 11.1 Å². The van der Waals surface area contributed by atoms with Gasteiger partial charge in [-0.1, -0.05) is 73.3 Å². The molecule has 0 aliphatic rings. The first-order valence-corrected chi connectivity index (χ1v) is 5.88. The minimum Gasteiger partial charge on any atom is -0.205 e. The second-order valence-corrected chi connectivity index (χ2v) is 4.24. The molecular formula is C16H12ClF. The molecule has 0 aliphatic carbocycles. The van der Waals surface area contributed by atoms with E-state index < -0.39 is 5.82 Å². The molecule has 2 rings (SSSR count). The molecule has 18 heavy (non-hydrogen) atoms. The van der Waals surface area contributed by atoms with E-state index >= 15 is 0 Å². The molecule has 0 amide bonds. The van der Waals surface area contributed by atoms with Gasteiger partial charge in [0, 0.05) is 11.1 Å². The van der Waals surface area contributed by atoms with Crippen LogP contribution in [-0.4, -0.2) is 0 Å². The van der Waals surface area contributed by atoms with Crippen LogP contribution in [-0.2, 0) is 0 Å². The lowest BCUT2D eigenvalue weighted by Crippen LogP contribution is -1.88. The van der Waals surface area contributed by atoms with Crippen molar-refractivity contribution in [1.29, 1.82) is 0 Å². The Kier molecular flexibility index (Phi) is 3.63. The quantitative estimate of drug-likeness (QED) is 0.688. The second kappa shape index (κ2) is 5.19. The van der Waals surface area contributed by atoms with E-state index in [9.17, 15) is 4.39 Å². The molecule has 0 heterocycles. The molecule has 0 aromatic heterocycles. The Labute approximate surface area is 111 Å². The standard InChI is InChI=1S/C16H12ClF/c1-3-11-5-7-13(8-6-11)14-10-9-12(4-2)16(18)15(14)17/h3-10H,1-2H2. The Morgan fingerprint density at radius 1 is 0.944 bits per heavy atom. The Hall–Kier alpha value is -1.86. The Balaban J connectivity index is 2.53. The van der Waals surface area contributed by atoms with Gasteiger partial charge >= 0.3 is 0 Å². The summed E-state index contributed by atoms with van der Waals surface area (Å²) in [5, 5.41) is 0.124. The zero-order valence-corrected chi connectivity index (χ0v) is 10.5. The minimum atomic E-state index is -0.433. The number of halogens is 2. The summed E-state index contributed by atoms with van der Waals surface area (Å²) in [5.41, 5.74) is 2.97. The predicted octanol–water partition coefficient (Wildman–Crippen LogP) is 5.43. The Morgan fingerprint density at radius 3 is 2.17 bits per heavy atom. The van der Waals surface area contributed by atoms with E-state index in [-0.39, 0.29) is 5.02 Å². The van der Waals surface area contributed by atoms with Crippen molar-refractivity contribution in [1.82, 2.24) is 0 Å². The molecule has 0 N–H and O–H groups in total. The SMILES string of the molecule is C=Cc1ccc(-c2ccc(C=C)c(F)c2Cl)cc1. The van der Waals surface area contributed by atoms with Crippen molar-refractivity contribution in [3.8, 4) is 11.1 Å². The summed E-state index contributed by atoms with van der Waals surface area (Å²) in [4.78, 5) is 0. The Bertz CT molecular complexity index is 597. The molecule has 0 spiro atoms. The third kappa shape index (κ3) is 2.22. The lowest BCUT2D eigenvalue weighted by Gasteiger charge is -2.08. The largest absolute Gasteiger partial charge is 0.205 e. The van der Waals surface area contributed by atoms with Gasteiger partial charge in [0.2, 0.25) is 0 Å². The first-order chi connectivity index (χ1) is 8.67. The summed E-state index contributed by atoms with van der Waals surface area (Å²) >= 11 is 6.04. The van der Waals surface area contributed by atoms with E-state index in [1.807, 2.05) is 24.3 Å². The van der Waals surface area contributed by atoms with Crippen LogP contribution < -0.4 is 0 Å². The Morgan fingerprint density at radius 2 is 1.61 bits per heavy atom. The van der Waals surface area contributed by atoms with Crippen LogP contribution in [0.25, 0.3) is 23.3 Å². The van der Waals surface area contributed by atoms with Gasteiger partial charge in [-0.25, -0.2) is 4.39 Å². The summed E-state index contributed by atoms with van der Waals surface area (Å²) in [6, 6.07) is 11.1. The van der Waals surface area contributed by atoms with Crippen molar-refractivity contribution < 1.29 is 4.39 Å². The van der Waals surface area contributed by atoms with Crippen LogP contribution >= 0.6 is 11.6 Å². The molecule has 0 atom stereocenters. The van der Waals surface area contributed by atoms with Crippen LogP contribution in [0, 0.1) is 5.82 Å². The molecule has 0 nitrogen and oxygen atoms in total. The molecular weight excluding hydrogens is 247 g/mol. The van der Waals surface area contributed by atoms with Crippen molar-refractivity contribution in [3.05, 3.63) is 71.5 Å². The molecule has 0 saturated carbocycles. The lowest BCUT2D eigenvalue weighted by atomic mass is 10.0. The number of benzene rings is 2. The van der Waals surface area contributed by atoms with Gasteiger partial charge in [0.05, 0.1) is 5.02 Å². The highest BCUT2D eigenvalue weighted by Crippen LogP contribution is 2.32. The minimum absolute atomic E-state index is 0.124. The molecule has 0 radical (unpaired) electrons. The van der Waals surface area contributed by atoms with E-state index in [4.69, 9.17) is 11.6 Å². The smallest absolute Gasteiger partial charge is 0.149 e. The second-order valence-electron chi connectivity index (χ2n) is 3.86. The predicted molar refractivity (Wildman–Crippen MR) is 77.0 cm³/mol. The molecule has 0 aliphatic heterocycles. The first-order valence-electron chi connectivity index (χ1n) is 5.50. The van der Waals surface area contributed by atoms with E-state index in [0.29, 0.717) is 11.1 Å². The van der Waals surface area contributed by atoms with Gasteiger partial charge in [0.25, 0.3) is 0 Å². The van der Waals surface area contributed by atoms with Gasteiger partial charge in [-0.3, -0.25) is 0 Å². The zero-order chi connectivity index (χ0) is 13.1. The van der Waals surface area contributed by atoms with E-state index in [2.05, 4.69) is 13.2 Å². The summed E-state index contributed by atoms with van der Waals surface area (Å²) in [5.74, 6) is -0.433. The van der Waals surface area contributed by atoms with Crippen molar-refractivity contribution >= 4 is 23.8 Å². The highest BCUT2D eigenvalue weighted by molar-refractivity contribution is 6.33. The fourth-order valence-electron chi connectivity index (χ4n) is 1.74. The summed E-state index contributed by atoms with van der Waals surface area (Å²) in [7, 11) is 0. The molecule has 2 aromatic rings. The van der Waals surface area contributed by atoms with Crippen LogP contribution in [0.1, 0.15) is 11.1 Å². The maximum atomic E-state index is 13.9. The van der Waals surface area contributed by atoms with Crippen LogP contribution in [0.3, 0.4) is 0 Å². The number of rotatable bonds is 3. The van der Waals surface area contributed by atoms with Crippen molar-refractivity contribution in [2.45, 2.75) is 0 Å². The highest BCUT2D eigenvalue weighted by atomic mass is 35.5. The van der Waals surface area contributed by atoms with Gasteiger partial charge in [-0.15, -0.1) is 0 Å². The third-order valence-electron chi connectivity index (χ3n) is 2.79.